The first kappa shape index (κ1) is 78.8. The topological polar surface area (TPSA) is 450 Å². The molecule has 0 radical (unpaired) electrons. The summed E-state index contributed by atoms with van der Waals surface area (Å²) in [5.41, 5.74) is -0.341. The number of imidazole rings is 1. The number of amides is 6. The van der Waals surface area contributed by atoms with Crippen molar-refractivity contribution in [3.63, 3.8) is 0 Å². The van der Waals surface area contributed by atoms with E-state index in [0.717, 1.165) is 6.29 Å². The number of nitrogens with zero attached hydrogens (tertiary/aromatic N) is 4. The number of carbonyl (C=O) groups excluding carboxylic acids is 9. The highest BCUT2D eigenvalue weighted by Gasteiger charge is 2.51. The van der Waals surface area contributed by atoms with Crippen molar-refractivity contribution in [2.45, 2.75) is 141 Å². The SMILES string of the molecule is CC[C@H](NC(=O)[C@H](Cc1ccccc1)NC(=O)[C@H](CC)NC(=O)[C@H](Cc1cnc[nH]1)NC(=O)[C@H](C)NC(=O)[C@H](CC(C)=O)NC(=O)COCCOCCNc1c(NCCCC(C(=O)O)[N+]2(C)CCC3C(CC=O)C3CCN(CC(=O)O)CCN(CC(=O)O)CC2)c(=O)c1=O)C(C)=O. The number of quaternary nitrogens is 1. The number of benzene rings is 1. The maximum Gasteiger partial charge on any atom is 0.362 e. The number of hydrogen-bond acceptors (Lipinski definition) is 21. The molecule has 32 heteroatoms. The summed E-state index contributed by atoms with van der Waals surface area (Å²) in [7, 11) is 1.82. The van der Waals surface area contributed by atoms with Gasteiger partial charge in [-0.05, 0) is 82.7 Å². The third kappa shape index (κ3) is 25.6. The lowest BCUT2D eigenvalue weighted by Crippen LogP contribution is -2.59. The van der Waals surface area contributed by atoms with E-state index in [1.807, 2.05) is 7.05 Å². The van der Waals surface area contributed by atoms with E-state index in [4.69, 9.17) is 9.47 Å². The van der Waals surface area contributed by atoms with Crippen LogP contribution in [0.3, 0.4) is 0 Å². The maximum atomic E-state index is 14.0. The zero-order chi connectivity index (χ0) is 71.4. The first-order chi connectivity index (χ1) is 46.2. The Morgan fingerprint density at radius 2 is 1.24 bits per heavy atom. The quantitative estimate of drug-likeness (QED) is 0.0131. The van der Waals surface area contributed by atoms with Crippen LogP contribution >= 0.6 is 0 Å². The second-order valence-electron chi connectivity index (χ2n) is 25.1. The summed E-state index contributed by atoms with van der Waals surface area (Å²) in [6.45, 7) is 8.06. The minimum atomic E-state index is -1.45. The maximum absolute atomic E-state index is 14.0. The zero-order valence-corrected chi connectivity index (χ0v) is 56.0. The standard InChI is InChI=1S/C65H95N13O19/c1-7-47(41(5)81)72-63(92)50(32-42-13-10-9-11-14-42)75-61(90)48(8-2)73-64(93)51(33-43-34-66-38-69-43)74-60(89)40(4)70-62(91)49(31-39(3)80)71-53(82)37-97-30-29-96-28-20-68-57-56(58(87)59(57)88)67-19-12-15-52(65(94)95)78(6)25-17-45-44(46(45)18-27-79)16-21-76(35-54(83)84)22-23-77(24-26-78)36-55(85)86/h9-11,13-14,27,34,38,40,44-52H,7-8,12,15-26,28-33,35-37H2,1-6H3,(H11-,66,67,68,69,70,71,72,73,74,75,82,83,84,85,86,87,88,89,90,91,92,93,94,95)/p+1/t40-,44?,45?,46?,47-,48-,49-,50-,51-,52?,78?/m0/s1. The van der Waals surface area contributed by atoms with Gasteiger partial charge in [0.05, 0.1) is 65.4 Å². The molecule has 0 bridgehead atoms. The van der Waals surface area contributed by atoms with Crippen LogP contribution in [-0.2, 0) is 79.8 Å². The van der Waals surface area contributed by atoms with Crippen molar-refractivity contribution in [1.82, 2.24) is 51.7 Å². The smallest absolute Gasteiger partial charge is 0.362 e. The van der Waals surface area contributed by atoms with E-state index < -0.39 is 125 Å². The molecule has 2 fully saturated rings. The van der Waals surface area contributed by atoms with Crippen molar-refractivity contribution in [1.29, 1.82) is 0 Å². The van der Waals surface area contributed by atoms with Gasteiger partial charge >= 0.3 is 17.9 Å². The number of carboxylic acid groups (broad SMARTS) is 3. The van der Waals surface area contributed by atoms with Crippen LogP contribution < -0.4 is 53.4 Å². The molecule has 1 saturated heterocycles. The molecule has 1 aromatic heterocycles. The Morgan fingerprint density at radius 3 is 1.82 bits per heavy atom. The zero-order valence-electron chi connectivity index (χ0n) is 56.0. The highest BCUT2D eigenvalue weighted by Crippen LogP contribution is 2.53. The third-order valence-electron chi connectivity index (χ3n) is 17.7. The van der Waals surface area contributed by atoms with Gasteiger partial charge in [-0.3, -0.25) is 67.3 Å². The van der Waals surface area contributed by atoms with Gasteiger partial charge in [-0.1, -0.05) is 44.2 Å². The second kappa shape index (κ2) is 39.4. The molecular formula is C65H96N13O19+. The van der Waals surface area contributed by atoms with Gasteiger partial charge in [-0.15, -0.1) is 0 Å². The van der Waals surface area contributed by atoms with Crippen LogP contribution in [0.15, 0.2) is 52.4 Å². The van der Waals surface area contributed by atoms with Gasteiger partial charge < -0.3 is 81.6 Å². The third-order valence-corrected chi connectivity index (χ3v) is 17.7. The summed E-state index contributed by atoms with van der Waals surface area (Å²) in [4.78, 5) is 190. The van der Waals surface area contributed by atoms with Crippen LogP contribution in [0.2, 0.25) is 0 Å². The van der Waals surface area contributed by atoms with Crippen molar-refractivity contribution in [2.24, 2.45) is 17.8 Å². The van der Waals surface area contributed by atoms with Gasteiger partial charge in [0.2, 0.25) is 35.4 Å². The van der Waals surface area contributed by atoms with Crippen LogP contribution in [-0.4, -0.2) is 252 Å². The minimum absolute atomic E-state index is 0.0196. The molecule has 5 unspecified atom stereocenters. The number of likely N-dealkylation sites (N-methyl/N-ethyl adjacent to an activating group) is 1. The summed E-state index contributed by atoms with van der Waals surface area (Å²) in [5, 5.41) is 51.3. The molecule has 32 nitrogen and oxygen atoms in total. The first-order valence-corrected chi connectivity index (χ1v) is 32.9. The molecule has 3 aromatic rings. The van der Waals surface area contributed by atoms with E-state index in [-0.39, 0.29) is 144 Å². The fourth-order valence-corrected chi connectivity index (χ4v) is 12.1. The Labute approximate surface area is 562 Å². The molecule has 97 heavy (non-hydrogen) atoms. The number of aromatic nitrogens is 2. The number of ether oxygens (including phenoxy) is 2. The summed E-state index contributed by atoms with van der Waals surface area (Å²) in [5.74, 6) is -8.19. The molecule has 5 rings (SSSR count). The highest BCUT2D eigenvalue weighted by molar-refractivity contribution is 5.98. The van der Waals surface area contributed by atoms with Gasteiger partial charge in [0.15, 0.2) is 11.8 Å². The molecule has 6 amide bonds. The number of aromatic amines is 1. The number of Topliss-reactive ketones (excluding diaryl/α,β-unsaturated/α-hetero) is 2. The molecule has 0 spiro atoms. The number of nitrogens with one attached hydrogen (secondary N) is 9. The molecule has 2 aliphatic rings. The van der Waals surface area contributed by atoms with Gasteiger partial charge in [-0.25, -0.2) is 9.78 Å². The number of anilines is 2. The lowest BCUT2D eigenvalue weighted by Gasteiger charge is -2.41. The normalized spacial score (nSPS) is 19.7. The summed E-state index contributed by atoms with van der Waals surface area (Å²) < 4.78 is 11.0. The number of ketones is 2. The molecule has 11 atom stereocenters. The molecule has 1 aliphatic carbocycles. The minimum Gasteiger partial charge on any atom is -0.480 e. The highest BCUT2D eigenvalue weighted by atomic mass is 16.5. The van der Waals surface area contributed by atoms with Gasteiger partial charge in [0.1, 0.15) is 60.3 Å². The van der Waals surface area contributed by atoms with Crippen molar-refractivity contribution in [3.05, 3.63) is 74.6 Å². The molecule has 1 saturated carbocycles. The van der Waals surface area contributed by atoms with Gasteiger partial charge in [0, 0.05) is 76.7 Å². The van der Waals surface area contributed by atoms with Crippen molar-refractivity contribution >= 4 is 82.6 Å². The fourth-order valence-electron chi connectivity index (χ4n) is 12.1. The number of carboxylic acids is 3. The van der Waals surface area contributed by atoms with Crippen molar-refractivity contribution in [2.75, 3.05) is 110 Å². The fraction of sp³-hybridized carbons (Fsp3) is 0.615. The number of aldehydes is 1. The Morgan fingerprint density at radius 1 is 0.670 bits per heavy atom. The Bertz CT molecular complexity index is 3240. The van der Waals surface area contributed by atoms with E-state index in [1.165, 1.54) is 33.3 Å². The Kier molecular flexibility index (Phi) is 32.0. The van der Waals surface area contributed by atoms with E-state index >= 15 is 0 Å². The number of fused-ring (bicyclic) bond motifs is 1. The lowest BCUT2D eigenvalue weighted by molar-refractivity contribution is -0.925. The van der Waals surface area contributed by atoms with Crippen LogP contribution in [0.1, 0.15) is 97.2 Å². The summed E-state index contributed by atoms with van der Waals surface area (Å²) in [6.07, 6.45) is 5.51. The largest absolute Gasteiger partial charge is 0.480 e. The Balaban J connectivity index is 1.07. The van der Waals surface area contributed by atoms with Crippen LogP contribution in [0.5, 0.6) is 0 Å². The Hall–Kier alpha value is -8.85. The molecule has 1 aliphatic heterocycles. The predicted molar refractivity (Wildman–Crippen MR) is 351 cm³/mol. The number of aliphatic carboxylic acids is 3. The summed E-state index contributed by atoms with van der Waals surface area (Å²) in [6, 6.07) is 0.635. The first-order valence-electron chi connectivity index (χ1n) is 32.9. The molecule has 2 aromatic carbocycles. The number of rotatable bonds is 42. The van der Waals surface area contributed by atoms with Crippen molar-refractivity contribution < 1.29 is 86.8 Å². The number of carbonyl (C=O) groups is 12. The van der Waals surface area contributed by atoms with Crippen molar-refractivity contribution in [3.8, 4) is 0 Å². The summed E-state index contributed by atoms with van der Waals surface area (Å²) >= 11 is 0. The molecule has 2 heterocycles. The van der Waals surface area contributed by atoms with E-state index in [2.05, 4.69) is 52.5 Å². The lowest BCUT2D eigenvalue weighted by atomic mass is 10.0. The van der Waals surface area contributed by atoms with Gasteiger partial charge in [-0.2, -0.15) is 0 Å². The van der Waals surface area contributed by atoms with E-state index in [1.54, 1.807) is 54.0 Å². The van der Waals surface area contributed by atoms with Crippen LogP contribution in [0.25, 0.3) is 0 Å². The van der Waals surface area contributed by atoms with Crippen LogP contribution in [0.4, 0.5) is 11.4 Å². The molecule has 12 N–H and O–H groups in total. The molecule has 534 valence electrons. The molecular weight excluding hydrogens is 1270 g/mol. The average Bonchev–Trinajstić information content (AvgIpc) is 1.71. The number of hydrogen-bond donors (Lipinski definition) is 12. The van der Waals surface area contributed by atoms with E-state index in [0.29, 0.717) is 50.0 Å². The second-order valence-corrected chi connectivity index (χ2v) is 25.1. The number of H-pyrrole nitrogens is 1. The average molecular weight is 1360 g/mol. The van der Waals surface area contributed by atoms with Crippen LogP contribution in [0, 0.1) is 17.8 Å². The monoisotopic (exact) mass is 1360 g/mol. The predicted octanol–water partition coefficient (Wildman–Crippen LogP) is -1.64. The van der Waals surface area contributed by atoms with E-state index in [9.17, 15) is 82.4 Å². The van der Waals surface area contributed by atoms with Gasteiger partial charge in [0.25, 0.3) is 10.9 Å².